The van der Waals surface area contributed by atoms with Crippen LogP contribution in [0.15, 0.2) is 12.1 Å². The van der Waals surface area contributed by atoms with Crippen molar-refractivity contribution in [3.63, 3.8) is 0 Å². The van der Waals surface area contributed by atoms with Crippen molar-refractivity contribution in [2.45, 2.75) is 26.7 Å². The molecule has 3 N–H and O–H groups in total. The Bertz CT molecular complexity index is 953. The van der Waals surface area contributed by atoms with E-state index >= 15 is 0 Å². The van der Waals surface area contributed by atoms with Gasteiger partial charge >= 0.3 is 6.09 Å². The van der Waals surface area contributed by atoms with Gasteiger partial charge in [0, 0.05) is 19.2 Å². The van der Waals surface area contributed by atoms with Gasteiger partial charge in [0.25, 0.3) is 0 Å². The van der Waals surface area contributed by atoms with E-state index in [4.69, 9.17) is 9.84 Å². The van der Waals surface area contributed by atoms with Crippen LogP contribution < -0.4 is 15.4 Å². The number of aromatic nitrogens is 4. The number of unbranched alkanes of at least 4 members (excludes halogenated alkanes) is 1. The fourth-order valence-corrected chi connectivity index (χ4v) is 2.90. The van der Waals surface area contributed by atoms with Crippen LogP contribution in [-0.2, 0) is 0 Å². The molecule has 3 aromatic rings. The van der Waals surface area contributed by atoms with Crippen molar-refractivity contribution in [3.05, 3.63) is 23.5 Å². The highest BCUT2D eigenvalue weighted by molar-refractivity contribution is 5.85. The van der Waals surface area contributed by atoms with Gasteiger partial charge in [-0.2, -0.15) is 0 Å². The Morgan fingerprint density at radius 3 is 2.73 bits per heavy atom. The topological polar surface area (TPSA) is 114 Å². The second kappa shape index (κ2) is 7.42. The first-order chi connectivity index (χ1) is 12.5. The number of carboxylic acid groups (broad SMARTS) is 1. The molecule has 1 aromatic carbocycles. The maximum atomic E-state index is 10.4. The van der Waals surface area contributed by atoms with Gasteiger partial charge in [-0.05, 0) is 38.3 Å². The molecule has 0 saturated heterocycles. The van der Waals surface area contributed by atoms with E-state index in [-0.39, 0.29) is 0 Å². The van der Waals surface area contributed by atoms with Crippen LogP contribution in [0.4, 0.5) is 10.6 Å². The minimum Gasteiger partial charge on any atom is -0.496 e. The smallest absolute Gasteiger partial charge is 0.404 e. The van der Waals surface area contributed by atoms with Gasteiger partial charge in [-0.25, -0.2) is 9.78 Å². The number of methoxy groups -OCH3 is 1. The highest BCUT2D eigenvalue weighted by atomic mass is 16.5. The molecule has 0 radical (unpaired) electrons. The molecule has 0 spiro atoms. The summed E-state index contributed by atoms with van der Waals surface area (Å²) in [4.78, 5) is 15.1. The standard InChI is InChI=1S/C17H22N6O3/c1-10-8-13-12(9-14(10)26-3)20-15(16-22-21-11(2)23(13)16)18-6-4-5-7-19-17(24)25/h8-9,19H,4-7H2,1-3H3,(H,18,20)(H,24,25). The SMILES string of the molecule is COc1cc2nc(NCCCCNC(=O)O)c3nnc(C)n3c2cc1C. The third-order valence-electron chi connectivity index (χ3n) is 4.17. The summed E-state index contributed by atoms with van der Waals surface area (Å²) in [5, 5.41) is 22.6. The van der Waals surface area contributed by atoms with E-state index in [1.807, 2.05) is 30.4 Å². The Balaban J connectivity index is 1.87. The zero-order valence-electron chi connectivity index (χ0n) is 15.0. The molecule has 0 bridgehead atoms. The molecule has 26 heavy (non-hydrogen) atoms. The number of ether oxygens (including phenoxy) is 1. The lowest BCUT2D eigenvalue weighted by Gasteiger charge is -2.12. The molecule has 0 aliphatic rings. The summed E-state index contributed by atoms with van der Waals surface area (Å²) in [5.41, 5.74) is 3.40. The van der Waals surface area contributed by atoms with E-state index in [9.17, 15) is 4.79 Å². The molecule has 138 valence electrons. The molecule has 2 heterocycles. The summed E-state index contributed by atoms with van der Waals surface area (Å²) in [7, 11) is 1.64. The Kier molecular flexibility index (Phi) is 5.06. The molecule has 1 amide bonds. The van der Waals surface area contributed by atoms with Gasteiger partial charge < -0.3 is 20.5 Å². The number of amides is 1. The normalized spacial score (nSPS) is 11.0. The van der Waals surface area contributed by atoms with E-state index in [1.165, 1.54) is 0 Å². The van der Waals surface area contributed by atoms with Crippen molar-refractivity contribution in [3.8, 4) is 5.75 Å². The van der Waals surface area contributed by atoms with Crippen LogP contribution in [0.3, 0.4) is 0 Å². The lowest BCUT2D eigenvalue weighted by Crippen LogP contribution is -2.22. The molecule has 2 aromatic heterocycles. The number of nitrogens with one attached hydrogen (secondary N) is 2. The van der Waals surface area contributed by atoms with E-state index in [1.54, 1.807) is 7.11 Å². The minimum atomic E-state index is -1.00. The predicted molar refractivity (Wildman–Crippen MR) is 98.1 cm³/mol. The minimum absolute atomic E-state index is 0.429. The monoisotopic (exact) mass is 358 g/mol. The maximum Gasteiger partial charge on any atom is 0.404 e. The lowest BCUT2D eigenvalue weighted by molar-refractivity contribution is 0.194. The fourth-order valence-electron chi connectivity index (χ4n) is 2.90. The summed E-state index contributed by atoms with van der Waals surface area (Å²) < 4.78 is 7.38. The first-order valence-corrected chi connectivity index (χ1v) is 8.42. The Labute approximate surface area is 150 Å². The lowest BCUT2D eigenvalue weighted by atomic mass is 10.2. The van der Waals surface area contributed by atoms with Crippen molar-refractivity contribution < 1.29 is 14.6 Å². The van der Waals surface area contributed by atoms with E-state index < -0.39 is 6.09 Å². The number of fused-ring (bicyclic) bond motifs is 3. The van der Waals surface area contributed by atoms with Crippen LogP contribution in [-0.4, -0.2) is 51.0 Å². The van der Waals surface area contributed by atoms with Gasteiger partial charge in [0.15, 0.2) is 5.82 Å². The van der Waals surface area contributed by atoms with Gasteiger partial charge in [0.1, 0.15) is 11.6 Å². The zero-order valence-corrected chi connectivity index (χ0v) is 15.0. The molecular weight excluding hydrogens is 336 g/mol. The molecule has 9 nitrogen and oxygen atoms in total. The zero-order chi connectivity index (χ0) is 18.7. The number of hydrogen-bond acceptors (Lipinski definition) is 6. The highest BCUT2D eigenvalue weighted by Crippen LogP contribution is 2.27. The number of aryl methyl sites for hydroxylation is 2. The Morgan fingerprint density at radius 1 is 1.23 bits per heavy atom. The van der Waals surface area contributed by atoms with E-state index in [0.717, 1.165) is 41.0 Å². The van der Waals surface area contributed by atoms with Crippen LogP contribution >= 0.6 is 0 Å². The third kappa shape index (κ3) is 3.46. The van der Waals surface area contributed by atoms with Gasteiger partial charge in [0.05, 0.1) is 18.1 Å². The maximum absolute atomic E-state index is 10.4. The number of benzene rings is 1. The molecule has 0 unspecified atom stereocenters. The van der Waals surface area contributed by atoms with Crippen LogP contribution in [0.2, 0.25) is 0 Å². The van der Waals surface area contributed by atoms with Crippen molar-refractivity contribution in [1.82, 2.24) is 24.9 Å². The molecule has 0 atom stereocenters. The summed E-state index contributed by atoms with van der Waals surface area (Å²) in [5.74, 6) is 2.21. The first kappa shape index (κ1) is 17.7. The van der Waals surface area contributed by atoms with Gasteiger partial charge in [-0.3, -0.25) is 4.40 Å². The van der Waals surface area contributed by atoms with E-state index in [2.05, 4.69) is 25.8 Å². The van der Waals surface area contributed by atoms with Gasteiger partial charge in [-0.1, -0.05) is 0 Å². The molecule has 9 heteroatoms. The Morgan fingerprint density at radius 2 is 2.00 bits per heavy atom. The number of carbonyl (C=O) groups is 1. The molecule has 0 saturated carbocycles. The molecular formula is C17H22N6O3. The number of nitrogens with zero attached hydrogens (tertiary/aromatic N) is 4. The number of rotatable bonds is 7. The number of hydrogen-bond donors (Lipinski definition) is 3. The molecule has 3 rings (SSSR count). The van der Waals surface area contributed by atoms with Crippen LogP contribution in [0.5, 0.6) is 5.75 Å². The van der Waals surface area contributed by atoms with Crippen LogP contribution in [0.1, 0.15) is 24.2 Å². The quantitative estimate of drug-likeness (QED) is 0.556. The summed E-state index contributed by atoms with van der Waals surface area (Å²) in [6, 6.07) is 3.93. The molecule has 0 fully saturated rings. The van der Waals surface area contributed by atoms with E-state index in [0.29, 0.717) is 24.6 Å². The van der Waals surface area contributed by atoms with Gasteiger partial charge in [0.2, 0.25) is 5.65 Å². The average Bonchev–Trinajstić information content (AvgIpc) is 3.00. The number of anilines is 1. The predicted octanol–water partition coefficient (Wildman–Crippen LogP) is 2.36. The van der Waals surface area contributed by atoms with Crippen LogP contribution in [0.25, 0.3) is 16.7 Å². The third-order valence-corrected chi connectivity index (χ3v) is 4.17. The molecule has 0 aliphatic carbocycles. The second-order valence-corrected chi connectivity index (χ2v) is 6.04. The van der Waals surface area contributed by atoms with Crippen molar-refractivity contribution in [2.24, 2.45) is 0 Å². The van der Waals surface area contributed by atoms with Gasteiger partial charge in [-0.15, -0.1) is 10.2 Å². The van der Waals surface area contributed by atoms with Crippen molar-refractivity contribution in [1.29, 1.82) is 0 Å². The summed E-state index contributed by atoms with van der Waals surface area (Å²) in [6.07, 6.45) is 0.539. The highest BCUT2D eigenvalue weighted by Gasteiger charge is 2.14. The average molecular weight is 358 g/mol. The summed E-state index contributed by atoms with van der Waals surface area (Å²) in [6.45, 7) is 4.98. The molecule has 0 aliphatic heterocycles. The second-order valence-electron chi connectivity index (χ2n) is 6.04. The first-order valence-electron chi connectivity index (χ1n) is 8.42. The van der Waals surface area contributed by atoms with Crippen LogP contribution in [0, 0.1) is 13.8 Å². The van der Waals surface area contributed by atoms with Crippen molar-refractivity contribution >= 4 is 28.6 Å². The van der Waals surface area contributed by atoms with Crippen molar-refractivity contribution in [2.75, 3.05) is 25.5 Å². The Hall–Kier alpha value is -3.10. The largest absolute Gasteiger partial charge is 0.496 e. The fraction of sp³-hybridized carbons (Fsp3) is 0.412. The summed E-state index contributed by atoms with van der Waals surface area (Å²) >= 11 is 0.